The van der Waals surface area contributed by atoms with Gasteiger partial charge in [0.1, 0.15) is 0 Å². The van der Waals surface area contributed by atoms with E-state index in [9.17, 15) is 4.79 Å². The molecule has 0 fully saturated rings. The van der Waals surface area contributed by atoms with Crippen LogP contribution in [0.15, 0.2) is 0 Å². The normalized spacial score (nSPS) is 10.4. The lowest BCUT2D eigenvalue weighted by Gasteiger charge is -2.01. The van der Waals surface area contributed by atoms with E-state index >= 15 is 0 Å². The Kier molecular flexibility index (Phi) is 12.1. The average Bonchev–Trinajstić information content (AvgIpc) is 2.31. The number of carbonyl (C=O) groups is 1. The Hall–Kier alpha value is -0.570. The zero-order valence-electron chi connectivity index (χ0n) is 10.7. The molecule has 0 aliphatic carbocycles. The van der Waals surface area contributed by atoms with Gasteiger partial charge in [0, 0.05) is 6.42 Å². The molecule has 3 nitrogen and oxygen atoms in total. The first-order valence-electron chi connectivity index (χ1n) is 6.70. The Bertz CT molecular complexity index is 160. The van der Waals surface area contributed by atoms with Crippen molar-refractivity contribution >= 4 is 5.97 Å². The first-order chi connectivity index (χ1) is 7.81. The zero-order valence-corrected chi connectivity index (χ0v) is 10.7. The highest BCUT2D eigenvalue weighted by molar-refractivity contribution is 5.68. The van der Waals surface area contributed by atoms with E-state index in [1.165, 1.54) is 51.4 Å². The van der Waals surface area contributed by atoms with Crippen molar-refractivity contribution in [1.29, 1.82) is 0 Å². The maximum absolute atomic E-state index is 10.7. The molecule has 0 unspecified atom stereocenters. The number of hydrogen-bond donors (Lipinski definition) is 1. The molecular weight excluding hydrogens is 202 g/mol. The van der Waals surface area contributed by atoms with E-state index in [0.29, 0.717) is 6.42 Å². The summed E-state index contributed by atoms with van der Waals surface area (Å²) < 4.78 is 0. The molecule has 0 spiro atoms. The van der Waals surface area contributed by atoms with E-state index in [1.807, 2.05) is 0 Å². The Labute approximate surface area is 99.7 Å². The summed E-state index contributed by atoms with van der Waals surface area (Å²) in [5, 5.41) is 0. The molecule has 0 aromatic carbocycles. The summed E-state index contributed by atoms with van der Waals surface area (Å²) in [4.78, 5) is 14.8. The number of unbranched alkanes of at least 4 members (excludes halogenated alkanes) is 9. The standard InChI is InChI=1S/C13H27NO2/c1-2-3-4-5-6-7-8-9-10-11-12-13(15)16-14/h2-12,14H2,1H3. The third-order valence-corrected chi connectivity index (χ3v) is 2.87. The van der Waals surface area contributed by atoms with Gasteiger partial charge in [-0.05, 0) is 6.42 Å². The Morgan fingerprint density at radius 1 is 0.875 bits per heavy atom. The number of hydrogen-bond acceptors (Lipinski definition) is 3. The third kappa shape index (κ3) is 11.5. The molecule has 0 rings (SSSR count). The Morgan fingerprint density at radius 3 is 1.75 bits per heavy atom. The number of rotatable bonds is 11. The van der Waals surface area contributed by atoms with Gasteiger partial charge in [-0.2, -0.15) is 5.90 Å². The van der Waals surface area contributed by atoms with E-state index in [0.717, 1.165) is 12.8 Å². The molecule has 0 aliphatic rings. The van der Waals surface area contributed by atoms with E-state index in [1.54, 1.807) is 0 Å². The van der Waals surface area contributed by atoms with Crippen molar-refractivity contribution in [2.45, 2.75) is 77.6 Å². The average molecular weight is 229 g/mol. The minimum absolute atomic E-state index is 0.292. The van der Waals surface area contributed by atoms with Crippen LogP contribution in [0.25, 0.3) is 0 Å². The van der Waals surface area contributed by atoms with Crippen LogP contribution < -0.4 is 5.90 Å². The fraction of sp³-hybridized carbons (Fsp3) is 0.923. The highest BCUT2D eigenvalue weighted by Gasteiger charge is 1.99. The van der Waals surface area contributed by atoms with E-state index in [-0.39, 0.29) is 5.97 Å². The van der Waals surface area contributed by atoms with Gasteiger partial charge >= 0.3 is 5.97 Å². The molecule has 0 amide bonds. The van der Waals surface area contributed by atoms with Crippen LogP contribution in [0.5, 0.6) is 0 Å². The second kappa shape index (κ2) is 12.5. The van der Waals surface area contributed by atoms with Crippen LogP contribution in [0.3, 0.4) is 0 Å². The molecule has 96 valence electrons. The largest absolute Gasteiger partial charge is 0.373 e. The van der Waals surface area contributed by atoms with Gasteiger partial charge in [0.15, 0.2) is 0 Å². The molecule has 0 radical (unpaired) electrons. The fourth-order valence-corrected chi connectivity index (χ4v) is 1.82. The minimum atomic E-state index is -0.292. The molecule has 0 atom stereocenters. The van der Waals surface area contributed by atoms with Crippen LogP contribution >= 0.6 is 0 Å². The Morgan fingerprint density at radius 2 is 1.31 bits per heavy atom. The summed E-state index contributed by atoms with van der Waals surface area (Å²) in [5.74, 6) is 4.45. The molecular formula is C13H27NO2. The predicted molar refractivity (Wildman–Crippen MR) is 66.7 cm³/mol. The van der Waals surface area contributed by atoms with Crippen LogP contribution in [0, 0.1) is 0 Å². The maximum atomic E-state index is 10.7. The zero-order chi connectivity index (χ0) is 12.1. The predicted octanol–water partition coefficient (Wildman–Crippen LogP) is 3.71. The highest BCUT2D eigenvalue weighted by Crippen LogP contribution is 2.11. The van der Waals surface area contributed by atoms with E-state index < -0.39 is 0 Å². The van der Waals surface area contributed by atoms with Gasteiger partial charge in [0.05, 0.1) is 0 Å². The molecule has 0 aromatic rings. The van der Waals surface area contributed by atoms with Gasteiger partial charge in [0.25, 0.3) is 0 Å². The lowest BCUT2D eigenvalue weighted by molar-refractivity contribution is -0.144. The number of nitrogens with two attached hydrogens (primary N) is 1. The van der Waals surface area contributed by atoms with E-state index in [2.05, 4.69) is 11.8 Å². The summed E-state index contributed by atoms with van der Waals surface area (Å²) in [7, 11) is 0. The summed E-state index contributed by atoms with van der Waals surface area (Å²) in [6.45, 7) is 2.24. The molecule has 3 heteroatoms. The second-order valence-corrected chi connectivity index (χ2v) is 4.42. The molecule has 16 heavy (non-hydrogen) atoms. The monoisotopic (exact) mass is 229 g/mol. The van der Waals surface area contributed by atoms with Crippen LogP contribution in [-0.2, 0) is 9.63 Å². The van der Waals surface area contributed by atoms with Gasteiger partial charge < -0.3 is 4.84 Å². The van der Waals surface area contributed by atoms with Crippen molar-refractivity contribution in [1.82, 2.24) is 0 Å². The Balaban J connectivity index is 2.96. The van der Waals surface area contributed by atoms with Crippen LogP contribution in [0.1, 0.15) is 77.6 Å². The van der Waals surface area contributed by atoms with Gasteiger partial charge in [-0.3, -0.25) is 4.79 Å². The summed E-state index contributed by atoms with van der Waals surface area (Å²) in [6.07, 6.45) is 13.2. The smallest absolute Gasteiger partial charge is 0.324 e. The first-order valence-corrected chi connectivity index (χ1v) is 6.70. The van der Waals surface area contributed by atoms with Crippen molar-refractivity contribution in [2.24, 2.45) is 5.90 Å². The summed E-state index contributed by atoms with van der Waals surface area (Å²) in [5.41, 5.74) is 0. The van der Waals surface area contributed by atoms with Crippen molar-refractivity contribution in [2.75, 3.05) is 0 Å². The lowest BCUT2D eigenvalue weighted by atomic mass is 10.1. The summed E-state index contributed by atoms with van der Waals surface area (Å²) >= 11 is 0. The first kappa shape index (κ1) is 15.4. The molecule has 0 heterocycles. The molecule has 0 aliphatic heterocycles. The van der Waals surface area contributed by atoms with Crippen LogP contribution in [-0.4, -0.2) is 5.97 Å². The van der Waals surface area contributed by atoms with Crippen molar-refractivity contribution in [3.05, 3.63) is 0 Å². The van der Waals surface area contributed by atoms with E-state index in [4.69, 9.17) is 5.90 Å². The molecule has 2 N–H and O–H groups in total. The van der Waals surface area contributed by atoms with Crippen LogP contribution in [0.4, 0.5) is 0 Å². The van der Waals surface area contributed by atoms with Gasteiger partial charge in [0.2, 0.25) is 0 Å². The topological polar surface area (TPSA) is 52.3 Å². The number of carbonyl (C=O) groups excluding carboxylic acids is 1. The molecule has 0 saturated carbocycles. The maximum Gasteiger partial charge on any atom is 0.324 e. The van der Waals surface area contributed by atoms with Crippen molar-refractivity contribution in [3.63, 3.8) is 0 Å². The summed E-state index contributed by atoms with van der Waals surface area (Å²) in [6, 6.07) is 0. The SMILES string of the molecule is CCCCCCCCCCCCC(=O)ON. The third-order valence-electron chi connectivity index (χ3n) is 2.87. The lowest BCUT2D eigenvalue weighted by Crippen LogP contribution is -2.08. The van der Waals surface area contributed by atoms with Gasteiger partial charge in [-0.1, -0.05) is 64.7 Å². The van der Waals surface area contributed by atoms with Gasteiger partial charge in [-0.15, -0.1) is 0 Å². The van der Waals surface area contributed by atoms with Crippen molar-refractivity contribution in [3.8, 4) is 0 Å². The fourth-order valence-electron chi connectivity index (χ4n) is 1.82. The molecule has 0 aromatic heterocycles. The van der Waals surface area contributed by atoms with Crippen molar-refractivity contribution < 1.29 is 9.63 Å². The highest BCUT2D eigenvalue weighted by atomic mass is 16.7. The minimum Gasteiger partial charge on any atom is -0.373 e. The van der Waals surface area contributed by atoms with Crippen LogP contribution in [0.2, 0.25) is 0 Å². The van der Waals surface area contributed by atoms with Gasteiger partial charge in [-0.25, -0.2) is 0 Å². The quantitative estimate of drug-likeness (QED) is 0.434. The molecule has 0 saturated heterocycles. The second-order valence-electron chi connectivity index (χ2n) is 4.42. The molecule has 0 bridgehead atoms.